The summed E-state index contributed by atoms with van der Waals surface area (Å²) < 4.78 is 5.86. The molecule has 0 atom stereocenters. The molecule has 2 aromatic rings. The molecule has 112 valence electrons. The van der Waals surface area contributed by atoms with E-state index in [0.717, 1.165) is 16.7 Å². The molecule has 3 rings (SSSR count). The van der Waals surface area contributed by atoms with Gasteiger partial charge in [0.25, 0.3) is 11.1 Å². The van der Waals surface area contributed by atoms with Gasteiger partial charge in [-0.2, -0.15) is 0 Å². The summed E-state index contributed by atoms with van der Waals surface area (Å²) in [6, 6.07) is 7.98. The van der Waals surface area contributed by atoms with Gasteiger partial charge in [0.15, 0.2) is 4.67 Å². The van der Waals surface area contributed by atoms with E-state index in [1.165, 1.54) is 18.2 Å². The monoisotopic (exact) mass is 417 g/mol. The van der Waals surface area contributed by atoms with E-state index < -0.39 is 11.1 Å². The van der Waals surface area contributed by atoms with Crippen molar-refractivity contribution in [2.75, 3.05) is 4.90 Å². The highest BCUT2D eigenvalue weighted by Crippen LogP contribution is 2.37. The number of hydrogen-bond acceptors (Lipinski definition) is 4. The van der Waals surface area contributed by atoms with Gasteiger partial charge in [-0.1, -0.05) is 23.2 Å². The number of benzene rings is 1. The Balaban J connectivity index is 1.94. The fourth-order valence-corrected chi connectivity index (χ4v) is 3.28. The van der Waals surface area contributed by atoms with Crippen LogP contribution in [0.3, 0.4) is 0 Å². The quantitative estimate of drug-likeness (QED) is 0.596. The largest absolute Gasteiger partial charge is 0.450 e. The van der Waals surface area contributed by atoms with Crippen LogP contribution < -0.4 is 4.90 Å². The van der Waals surface area contributed by atoms with Crippen molar-refractivity contribution < 1.29 is 14.0 Å². The van der Waals surface area contributed by atoms with Crippen LogP contribution in [0.1, 0.15) is 5.76 Å². The summed E-state index contributed by atoms with van der Waals surface area (Å²) in [5.74, 6) is 0.0485. The fourth-order valence-electron chi connectivity index (χ4n) is 1.85. The lowest BCUT2D eigenvalue weighted by Crippen LogP contribution is -2.27. The molecule has 1 aromatic heterocycles. The van der Waals surface area contributed by atoms with Crippen molar-refractivity contribution in [1.29, 1.82) is 0 Å². The van der Waals surface area contributed by atoms with Gasteiger partial charge in [0, 0.05) is 6.08 Å². The topological polar surface area (TPSA) is 50.5 Å². The van der Waals surface area contributed by atoms with Crippen LogP contribution in [0, 0.1) is 0 Å². The van der Waals surface area contributed by atoms with Gasteiger partial charge >= 0.3 is 0 Å². The third-order valence-corrected chi connectivity index (χ3v) is 4.86. The number of halogens is 3. The van der Waals surface area contributed by atoms with Crippen LogP contribution in [0.25, 0.3) is 6.08 Å². The zero-order chi connectivity index (χ0) is 15.9. The molecule has 22 heavy (non-hydrogen) atoms. The fraction of sp³-hybridized carbons (Fsp3) is 0. The van der Waals surface area contributed by atoms with Gasteiger partial charge in [-0.3, -0.25) is 9.59 Å². The maximum Gasteiger partial charge on any atom is 0.298 e. The normalized spacial score (nSPS) is 16.9. The van der Waals surface area contributed by atoms with E-state index in [4.69, 9.17) is 27.6 Å². The summed E-state index contributed by atoms with van der Waals surface area (Å²) in [5.41, 5.74) is 0.376. The number of amides is 2. The molecule has 4 nitrogen and oxygen atoms in total. The average Bonchev–Trinajstić information content (AvgIpc) is 2.98. The van der Waals surface area contributed by atoms with E-state index in [2.05, 4.69) is 15.9 Å². The summed E-state index contributed by atoms with van der Waals surface area (Å²) in [5, 5.41) is 0.228. The molecule has 1 fully saturated rings. The molecule has 1 saturated heterocycles. The van der Waals surface area contributed by atoms with E-state index in [1.807, 2.05) is 0 Å². The lowest BCUT2D eigenvalue weighted by molar-refractivity contribution is -0.113. The zero-order valence-corrected chi connectivity index (χ0v) is 14.6. The number of furan rings is 1. The summed E-state index contributed by atoms with van der Waals surface area (Å²) >= 11 is 15.8. The number of rotatable bonds is 2. The van der Waals surface area contributed by atoms with Gasteiger partial charge in [0.1, 0.15) is 5.76 Å². The van der Waals surface area contributed by atoms with E-state index in [9.17, 15) is 9.59 Å². The number of imide groups is 1. The second-order valence-electron chi connectivity index (χ2n) is 4.26. The molecule has 8 heteroatoms. The minimum absolute atomic E-state index is 0.275. The van der Waals surface area contributed by atoms with Crippen LogP contribution in [0.2, 0.25) is 10.0 Å². The smallest absolute Gasteiger partial charge is 0.298 e. The Bertz CT molecular complexity index is 818. The minimum atomic E-state index is -0.430. The molecule has 2 heterocycles. The summed E-state index contributed by atoms with van der Waals surface area (Å²) in [6.07, 6.45) is 1.52. The van der Waals surface area contributed by atoms with Crippen molar-refractivity contribution in [3.05, 3.63) is 55.7 Å². The Labute approximate surface area is 148 Å². The van der Waals surface area contributed by atoms with Crippen LogP contribution in [0.4, 0.5) is 10.5 Å². The van der Waals surface area contributed by atoms with E-state index in [1.54, 1.807) is 18.2 Å². The van der Waals surface area contributed by atoms with Gasteiger partial charge in [0.05, 0.1) is 20.6 Å². The predicted molar refractivity (Wildman–Crippen MR) is 91.3 cm³/mol. The van der Waals surface area contributed by atoms with Crippen molar-refractivity contribution >= 4 is 73.8 Å². The zero-order valence-electron chi connectivity index (χ0n) is 10.7. The standard InChI is InChI=1S/C14H6BrCl2NO3S/c15-12-4-2-8(21-12)6-11-13(19)18(14(20)22-11)7-1-3-9(16)10(17)5-7/h1-6H. The van der Waals surface area contributed by atoms with E-state index in [0.29, 0.717) is 21.1 Å². The molecule has 1 aromatic carbocycles. The summed E-state index contributed by atoms with van der Waals surface area (Å²) in [7, 11) is 0. The second-order valence-corrected chi connectivity index (χ2v) is 6.85. The van der Waals surface area contributed by atoms with Gasteiger partial charge in [-0.05, 0) is 58.0 Å². The van der Waals surface area contributed by atoms with Gasteiger partial charge in [0.2, 0.25) is 0 Å². The third kappa shape index (κ3) is 2.96. The Hall–Kier alpha value is -1.21. The molecular weight excluding hydrogens is 413 g/mol. The molecule has 0 spiro atoms. The highest BCUT2D eigenvalue weighted by atomic mass is 79.9. The van der Waals surface area contributed by atoms with Gasteiger partial charge in [-0.25, -0.2) is 4.90 Å². The Morgan fingerprint density at radius 3 is 2.55 bits per heavy atom. The number of hydrogen-bond donors (Lipinski definition) is 0. The maximum atomic E-state index is 12.4. The van der Waals surface area contributed by atoms with Crippen LogP contribution >= 0.6 is 50.9 Å². The van der Waals surface area contributed by atoms with Crippen molar-refractivity contribution in [2.45, 2.75) is 0 Å². The SMILES string of the molecule is O=C1SC(=Cc2ccc(Br)o2)C(=O)N1c1ccc(Cl)c(Cl)c1. The lowest BCUT2D eigenvalue weighted by atomic mass is 10.3. The van der Waals surface area contributed by atoms with Crippen LogP contribution in [0.5, 0.6) is 0 Å². The summed E-state index contributed by atoms with van der Waals surface area (Å²) in [4.78, 5) is 25.8. The molecule has 0 bridgehead atoms. The van der Waals surface area contributed by atoms with Gasteiger partial charge < -0.3 is 4.42 Å². The Morgan fingerprint density at radius 2 is 1.91 bits per heavy atom. The molecule has 2 amide bonds. The highest BCUT2D eigenvalue weighted by Gasteiger charge is 2.36. The first kappa shape index (κ1) is 15.7. The average molecular weight is 419 g/mol. The maximum absolute atomic E-state index is 12.4. The Kier molecular flexibility index (Phi) is 4.36. The molecular formula is C14H6BrCl2NO3S. The van der Waals surface area contributed by atoms with Crippen LogP contribution in [0.15, 0.2) is 44.3 Å². The molecule has 0 saturated carbocycles. The summed E-state index contributed by atoms with van der Waals surface area (Å²) in [6.45, 7) is 0. The van der Waals surface area contributed by atoms with Gasteiger partial charge in [-0.15, -0.1) is 0 Å². The van der Waals surface area contributed by atoms with Crippen LogP contribution in [-0.4, -0.2) is 11.1 Å². The number of carbonyl (C=O) groups excluding carboxylic acids is 2. The molecule has 1 aliphatic heterocycles. The number of nitrogens with zero attached hydrogens (tertiary/aromatic N) is 1. The van der Waals surface area contributed by atoms with Crippen molar-refractivity contribution in [3.63, 3.8) is 0 Å². The Morgan fingerprint density at radius 1 is 1.14 bits per heavy atom. The van der Waals surface area contributed by atoms with E-state index in [-0.39, 0.29) is 9.93 Å². The number of carbonyl (C=O) groups is 2. The first-order valence-corrected chi connectivity index (χ1v) is 8.30. The molecule has 0 unspecified atom stereocenters. The lowest BCUT2D eigenvalue weighted by Gasteiger charge is -2.12. The molecule has 1 aliphatic rings. The number of thioether (sulfide) groups is 1. The number of anilines is 1. The molecule has 0 radical (unpaired) electrons. The minimum Gasteiger partial charge on any atom is -0.450 e. The second kappa shape index (κ2) is 6.12. The predicted octanol–water partition coefficient (Wildman–Crippen LogP) is 5.59. The van der Waals surface area contributed by atoms with Crippen LogP contribution in [-0.2, 0) is 4.79 Å². The van der Waals surface area contributed by atoms with Crippen molar-refractivity contribution in [1.82, 2.24) is 0 Å². The first-order chi connectivity index (χ1) is 10.5. The first-order valence-electron chi connectivity index (χ1n) is 5.94. The van der Waals surface area contributed by atoms with Crippen molar-refractivity contribution in [2.24, 2.45) is 0 Å². The molecule has 0 N–H and O–H groups in total. The third-order valence-electron chi connectivity index (χ3n) is 2.82. The van der Waals surface area contributed by atoms with Crippen molar-refractivity contribution in [3.8, 4) is 0 Å². The highest BCUT2D eigenvalue weighted by molar-refractivity contribution is 9.10. The van der Waals surface area contributed by atoms with E-state index >= 15 is 0 Å². The molecule has 0 aliphatic carbocycles.